The van der Waals surface area contributed by atoms with E-state index < -0.39 is 103 Å². The minimum Gasteiger partial charge on any atom is -0.494 e. The maximum atomic E-state index is 15.1. The van der Waals surface area contributed by atoms with E-state index in [1.807, 2.05) is 0 Å². The molecule has 0 spiro atoms. The molecule has 0 fully saturated rings. The first-order valence-electron chi connectivity index (χ1n) is 9.25. The number of methoxy groups -OCH3 is 3. The smallest absolute Gasteiger partial charge is 0.412 e. The first kappa shape index (κ1) is 26.5. The van der Waals surface area contributed by atoms with Crippen LogP contribution in [0.1, 0.15) is 0 Å². The molecule has 0 N–H and O–H groups in total. The van der Waals surface area contributed by atoms with Gasteiger partial charge in [0.15, 0.2) is 46.3 Å². The first-order chi connectivity index (χ1) is 16.4. The summed E-state index contributed by atoms with van der Waals surface area (Å²) in [6.45, 7) is 0. The van der Waals surface area contributed by atoms with Gasteiger partial charge >= 0.3 is 14.1 Å². The minimum atomic E-state index is -5.16. The second-order valence-corrected chi connectivity index (χ2v) is 9.41. The van der Waals surface area contributed by atoms with E-state index in [9.17, 15) is 22.0 Å². The fourth-order valence-corrected chi connectivity index (χ4v) is 6.68. The number of halogens is 10. The quantitative estimate of drug-likeness (QED) is 0.278. The predicted octanol–water partition coefficient (Wildman–Crippen LogP) is 3.62. The molecule has 0 atom stereocenters. The summed E-state index contributed by atoms with van der Waals surface area (Å²) in [4.78, 5) is 0. The van der Waals surface area contributed by atoms with Crippen molar-refractivity contribution in [1.29, 1.82) is 0 Å². The molecule has 186 valence electrons. The van der Waals surface area contributed by atoms with Crippen LogP contribution in [0.3, 0.4) is 0 Å². The van der Waals surface area contributed by atoms with Gasteiger partial charge in [-0.15, -0.1) is 0 Å². The van der Waals surface area contributed by atoms with Crippen LogP contribution in [0.4, 0.5) is 43.9 Å². The topological polar surface area (TPSA) is 27.7 Å². The molecule has 0 saturated heterocycles. The Morgan fingerprint density at radius 1 is 0.457 bits per heavy atom. The molecule has 35 heavy (non-hydrogen) atoms. The van der Waals surface area contributed by atoms with Crippen molar-refractivity contribution in [2.45, 2.75) is 0 Å². The van der Waals surface area contributed by atoms with Crippen molar-refractivity contribution in [2.75, 3.05) is 21.3 Å². The average molecular weight is 528 g/mol. The van der Waals surface area contributed by atoms with Gasteiger partial charge in [-0.3, -0.25) is 0 Å². The third kappa shape index (κ3) is 4.04. The molecule has 0 amide bonds. The molecule has 3 rings (SSSR count). The molecule has 0 heterocycles. The van der Waals surface area contributed by atoms with Crippen molar-refractivity contribution >= 4 is 27.4 Å². The summed E-state index contributed by atoms with van der Waals surface area (Å²) in [5.74, 6) is -25.8. The normalized spacial score (nSPS) is 11.0. The summed E-state index contributed by atoms with van der Waals surface area (Å²) in [6.07, 6.45) is 0. The Labute approximate surface area is 194 Å². The molecule has 0 aromatic heterocycles. The number of hydrogen-bond donors (Lipinski definition) is 0. The van der Waals surface area contributed by atoms with E-state index in [1.165, 1.54) is 0 Å². The summed E-state index contributed by atoms with van der Waals surface area (Å²) in [5, 5.41) is 0. The van der Waals surface area contributed by atoms with Crippen LogP contribution in [0.15, 0.2) is 12.1 Å². The molecule has 0 saturated carbocycles. The largest absolute Gasteiger partial charge is 0.494 e. The van der Waals surface area contributed by atoms with Crippen LogP contribution in [-0.2, 0) is 0 Å². The van der Waals surface area contributed by atoms with E-state index in [-0.39, 0.29) is 0 Å². The van der Waals surface area contributed by atoms with Gasteiger partial charge in [0.05, 0.1) is 21.3 Å². The molecule has 0 radical (unpaired) electrons. The van der Waals surface area contributed by atoms with Crippen molar-refractivity contribution in [2.24, 2.45) is 0 Å². The molecular weight excluding hydrogens is 517 g/mol. The van der Waals surface area contributed by atoms with Crippen LogP contribution in [0.25, 0.3) is 0 Å². The van der Waals surface area contributed by atoms with Gasteiger partial charge in [-0.1, -0.05) is 0 Å². The fraction of sp³-hybridized carbons (Fsp3) is 0.143. The van der Waals surface area contributed by atoms with Crippen LogP contribution in [0.5, 0.6) is 17.2 Å². The van der Waals surface area contributed by atoms with E-state index in [2.05, 4.69) is 14.2 Å². The molecule has 0 aliphatic rings. The maximum Gasteiger partial charge on any atom is 0.412 e. The summed E-state index contributed by atoms with van der Waals surface area (Å²) in [6, 6.07) is 1.14. The van der Waals surface area contributed by atoms with E-state index in [0.717, 1.165) is 7.11 Å². The van der Waals surface area contributed by atoms with Crippen LogP contribution in [0, 0.1) is 58.2 Å². The molecule has 3 aromatic carbocycles. The van der Waals surface area contributed by atoms with Crippen LogP contribution < -0.4 is 27.5 Å². The van der Waals surface area contributed by atoms with Crippen LogP contribution >= 0.6 is 0 Å². The summed E-state index contributed by atoms with van der Waals surface area (Å²) < 4.78 is 156. The van der Waals surface area contributed by atoms with E-state index in [0.29, 0.717) is 26.4 Å². The van der Waals surface area contributed by atoms with Crippen molar-refractivity contribution in [3.05, 3.63) is 70.3 Å². The summed E-state index contributed by atoms with van der Waals surface area (Å²) in [5.41, 5.74) is 0. The van der Waals surface area contributed by atoms with Crippen molar-refractivity contribution in [3.8, 4) is 17.2 Å². The number of benzene rings is 3. The molecule has 0 unspecified atom stereocenters. The molecule has 3 nitrogen and oxygen atoms in total. The second kappa shape index (κ2) is 9.87. The third-order valence-corrected chi connectivity index (χ3v) is 8.37. The highest BCUT2D eigenvalue weighted by Crippen LogP contribution is 2.29. The van der Waals surface area contributed by atoms with Gasteiger partial charge in [0, 0.05) is 0 Å². The van der Waals surface area contributed by atoms with Crippen molar-refractivity contribution < 1.29 is 58.1 Å². The van der Waals surface area contributed by atoms with E-state index in [4.69, 9.17) is 0 Å². The Hall–Kier alpha value is -3.11. The average Bonchev–Trinajstić information content (AvgIpc) is 2.82. The van der Waals surface area contributed by atoms with Crippen LogP contribution in [-0.4, -0.2) is 35.5 Å². The molecule has 3 aromatic rings. The zero-order valence-corrected chi connectivity index (χ0v) is 18.9. The fourth-order valence-electron chi connectivity index (χ4n) is 3.53. The maximum absolute atomic E-state index is 15.1. The van der Waals surface area contributed by atoms with Crippen molar-refractivity contribution in [3.63, 3.8) is 0 Å². The lowest BCUT2D eigenvalue weighted by atomic mass is 10.2. The Morgan fingerprint density at radius 2 is 0.829 bits per heavy atom. The molecule has 0 aliphatic heterocycles. The van der Waals surface area contributed by atoms with E-state index >= 15 is 22.0 Å². The van der Waals surface area contributed by atoms with E-state index in [1.54, 1.807) is 0 Å². The Balaban J connectivity index is 2.62. The summed E-state index contributed by atoms with van der Waals surface area (Å²) >= 11 is -5.16. The van der Waals surface area contributed by atoms with Gasteiger partial charge in [-0.25, -0.2) is 26.3 Å². The highest BCUT2D eigenvalue weighted by Gasteiger charge is 2.45. The Bertz CT molecular complexity index is 1200. The zero-order chi connectivity index (χ0) is 26.4. The number of rotatable bonds is 6. The van der Waals surface area contributed by atoms with Gasteiger partial charge in [0.1, 0.15) is 5.82 Å². The first-order valence-corrected chi connectivity index (χ1v) is 11.0. The third-order valence-electron chi connectivity index (χ3n) is 5.10. The lowest BCUT2D eigenvalue weighted by Crippen LogP contribution is -2.60. The standard InChI is InChI=1S/2C7H3F4O.C7H5F2O.Al/c2*1-12-7-5(10)3(8)2-4(9)6(7)11;1-10-7-3-2-5(8)4-6(7)9;/h2*1H3;2-3H,1H3;. The Kier molecular flexibility index (Phi) is 7.47. The molecular formula is C21H11AlF10O3. The summed E-state index contributed by atoms with van der Waals surface area (Å²) in [7, 11) is 2.13. The van der Waals surface area contributed by atoms with Gasteiger partial charge in [-0.05, 0) is 25.4 Å². The van der Waals surface area contributed by atoms with Gasteiger partial charge in [0.2, 0.25) is 23.3 Å². The highest BCUT2D eigenvalue weighted by atomic mass is 27.2. The Morgan fingerprint density at radius 3 is 1.14 bits per heavy atom. The van der Waals surface area contributed by atoms with Crippen LogP contribution in [0.2, 0.25) is 0 Å². The van der Waals surface area contributed by atoms with Gasteiger partial charge in [0.25, 0.3) is 0 Å². The number of hydrogen-bond acceptors (Lipinski definition) is 3. The minimum absolute atomic E-state index is 0.454. The van der Waals surface area contributed by atoms with Gasteiger partial charge < -0.3 is 14.2 Å². The lowest BCUT2D eigenvalue weighted by Gasteiger charge is -2.21. The highest BCUT2D eigenvalue weighted by molar-refractivity contribution is 6.95. The second-order valence-electron chi connectivity index (χ2n) is 6.82. The SMILES string of the molecule is COc1ccc(F)[c]([Al]([c]2c(F)c(F)c(OC)c(F)c2F)[c]2c(F)c(F)c(OC)c(F)c2F)c1F. The monoisotopic (exact) mass is 528 g/mol. The molecule has 0 bridgehead atoms. The molecule has 14 heteroatoms. The van der Waals surface area contributed by atoms with Crippen molar-refractivity contribution in [1.82, 2.24) is 0 Å². The predicted molar refractivity (Wildman–Crippen MR) is 103 cm³/mol. The lowest BCUT2D eigenvalue weighted by molar-refractivity contribution is 0.334. The van der Waals surface area contributed by atoms with Gasteiger partial charge in [-0.2, -0.15) is 17.6 Å². The molecule has 0 aliphatic carbocycles. The number of ether oxygens (including phenoxy) is 3. The zero-order valence-electron chi connectivity index (χ0n) is 17.7.